The van der Waals surface area contributed by atoms with Gasteiger partial charge in [0.1, 0.15) is 5.82 Å². The Kier molecular flexibility index (Phi) is 5.91. The summed E-state index contributed by atoms with van der Waals surface area (Å²) < 4.78 is 40.2. The summed E-state index contributed by atoms with van der Waals surface area (Å²) in [4.78, 5) is 27.7. The molecule has 0 aliphatic carbocycles. The minimum absolute atomic E-state index is 0.202. The predicted octanol–water partition coefficient (Wildman–Crippen LogP) is 6.31. The zero-order chi connectivity index (χ0) is 25.2. The molecule has 0 spiro atoms. The molecule has 0 unspecified atom stereocenters. The maximum absolute atomic E-state index is 13.8. The van der Waals surface area contributed by atoms with Crippen molar-refractivity contribution in [1.82, 2.24) is 4.98 Å². The van der Waals surface area contributed by atoms with E-state index in [1.165, 1.54) is 0 Å². The van der Waals surface area contributed by atoms with E-state index in [4.69, 9.17) is 0 Å². The first kappa shape index (κ1) is 22.8. The molecule has 180 valence electrons. The van der Waals surface area contributed by atoms with Crippen molar-refractivity contribution < 1.29 is 22.8 Å². The Morgan fingerprint density at radius 1 is 0.806 bits per heavy atom. The molecule has 36 heavy (non-hydrogen) atoms. The summed E-state index contributed by atoms with van der Waals surface area (Å²) in [6.07, 6.45) is 3.56. The predicted molar refractivity (Wildman–Crippen MR) is 132 cm³/mol. The van der Waals surface area contributed by atoms with Gasteiger partial charge < -0.3 is 26.3 Å². The molecule has 0 saturated heterocycles. The van der Waals surface area contributed by atoms with E-state index < -0.39 is 29.2 Å². The van der Waals surface area contributed by atoms with E-state index in [1.54, 1.807) is 42.6 Å². The second-order valence-corrected chi connectivity index (χ2v) is 7.93. The Balaban J connectivity index is 1.28. The minimum atomic E-state index is -1.35. The van der Waals surface area contributed by atoms with Gasteiger partial charge in [-0.25, -0.2) is 18.0 Å². The summed E-state index contributed by atoms with van der Waals surface area (Å²) in [5.41, 5.74) is 3.99. The van der Waals surface area contributed by atoms with E-state index in [0.717, 1.165) is 11.3 Å². The van der Waals surface area contributed by atoms with Crippen molar-refractivity contribution in [3.63, 3.8) is 0 Å². The number of fused-ring (bicyclic) bond motifs is 1. The quantitative estimate of drug-likeness (QED) is 0.168. The minimum Gasteiger partial charge on any atom is -0.362 e. The fourth-order valence-corrected chi connectivity index (χ4v) is 3.75. The molecule has 1 aromatic heterocycles. The highest BCUT2D eigenvalue weighted by Gasteiger charge is 2.24. The van der Waals surface area contributed by atoms with Gasteiger partial charge in [-0.1, -0.05) is 12.1 Å². The van der Waals surface area contributed by atoms with Gasteiger partial charge in [0.05, 0.1) is 16.9 Å². The van der Waals surface area contributed by atoms with Gasteiger partial charge >= 0.3 is 6.03 Å². The number of urea groups is 1. The third-order valence-electron chi connectivity index (χ3n) is 5.39. The van der Waals surface area contributed by atoms with Crippen LogP contribution in [0.5, 0.6) is 0 Å². The number of benzene rings is 3. The normalized spacial score (nSPS) is 13.3. The SMILES string of the molecule is O=C(Nc1cccc(Nc2ccc3c(c2)NC(=O)/C3=C/c2ccc[nH]2)c1)Nc1cc(F)c(F)cc1F. The van der Waals surface area contributed by atoms with Crippen LogP contribution in [-0.4, -0.2) is 16.9 Å². The van der Waals surface area contributed by atoms with Crippen LogP contribution in [0.15, 0.2) is 72.9 Å². The number of anilines is 5. The number of hydrogen-bond donors (Lipinski definition) is 5. The van der Waals surface area contributed by atoms with Crippen molar-refractivity contribution in [3.05, 3.63) is 102 Å². The van der Waals surface area contributed by atoms with Crippen LogP contribution < -0.4 is 21.3 Å². The lowest BCUT2D eigenvalue weighted by molar-refractivity contribution is -0.110. The molecule has 10 heteroatoms. The fraction of sp³-hybridized carbons (Fsp3) is 0. The van der Waals surface area contributed by atoms with Crippen LogP contribution >= 0.6 is 0 Å². The van der Waals surface area contributed by atoms with E-state index in [-0.39, 0.29) is 5.91 Å². The van der Waals surface area contributed by atoms with Gasteiger partial charge in [0.2, 0.25) is 0 Å². The number of halogens is 3. The summed E-state index contributed by atoms with van der Waals surface area (Å²) >= 11 is 0. The van der Waals surface area contributed by atoms with Crippen molar-refractivity contribution in [1.29, 1.82) is 0 Å². The topological polar surface area (TPSA) is 98.1 Å². The van der Waals surface area contributed by atoms with Crippen LogP contribution in [-0.2, 0) is 4.79 Å². The fourth-order valence-electron chi connectivity index (χ4n) is 3.75. The van der Waals surface area contributed by atoms with Gasteiger partial charge in [-0.3, -0.25) is 4.79 Å². The van der Waals surface area contributed by atoms with Crippen molar-refractivity contribution in [2.24, 2.45) is 0 Å². The number of aromatic amines is 1. The van der Waals surface area contributed by atoms with Gasteiger partial charge in [0.15, 0.2) is 11.6 Å². The number of carbonyl (C=O) groups is 2. The summed E-state index contributed by atoms with van der Waals surface area (Å²) in [6.45, 7) is 0. The van der Waals surface area contributed by atoms with Crippen molar-refractivity contribution in [2.45, 2.75) is 0 Å². The molecule has 0 bridgehead atoms. The second kappa shape index (κ2) is 9.34. The average Bonchev–Trinajstić information content (AvgIpc) is 3.45. The standard InChI is InChI=1S/C26H18F3N5O2/c27-20-12-22(29)24(13-21(20)28)34-26(36)32-16-4-1-3-15(9-16)31-17-6-7-18-19(10-14-5-2-8-30-14)25(35)33-23(18)11-17/h1-13,30-31H,(H,33,35)(H2,32,34,36)/b19-10+. The Morgan fingerprint density at radius 3 is 2.39 bits per heavy atom. The molecule has 5 rings (SSSR count). The molecular formula is C26H18F3N5O2. The molecule has 0 fully saturated rings. The summed E-state index contributed by atoms with van der Waals surface area (Å²) in [6, 6.07) is 15.9. The molecule has 1 aliphatic rings. The van der Waals surface area contributed by atoms with Crippen LogP contribution in [0, 0.1) is 17.5 Å². The van der Waals surface area contributed by atoms with Gasteiger partial charge in [-0.15, -0.1) is 0 Å². The van der Waals surface area contributed by atoms with E-state index in [2.05, 4.69) is 26.3 Å². The van der Waals surface area contributed by atoms with Crippen LogP contribution in [0.1, 0.15) is 11.3 Å². The Morgan fingerprint density at radius 2 is 1.58 bits per heavy atom. The van der Waals surface area contributed by atoms with Crippen molar-refractivity contribution in [2.75, 3.05) is 21.3 Å². The maximum Gasteiger partial charge on any atom is 0.323 e. The highest BCUT2D eigenvalue weighted by molar-refractivity contribution is 6.35. The average molecular weight is 489 g/mol. The van der Waals surface area contributed by atoms with Gasteiger partial charge in [0, 0.05) is 46.6 Å². The molecule has 0 atom stereocenters. The molecule has 3 amide bonds. The van der Waals surface area contributed by atoms with E-state index in [9.17, 15) is 22.8 Å². The van der Waals surface area contributed by atoms with Crippen LogP contribution in [0.2, 0.25) is 0 Å². The lowest BCUT2D eigenvalue weighted by atomic mass is 10.1. The van der Waals surface area contributed by atoms with Crippen LogP contribution in [0.25, 0.3) is 11.6 Å². The molecule has 5 N–H and O–H groups in total. The van der Waals surface area contributed by atoms with Gasteiger partial charge in [-0.2, -0.15) is 0 Å². The number of amides is 3. The lowest BCUT2D eigenvalue weighted by Gasteiger charge is -2.12. The summed E-state index contributed by atoms with van der Waals surface area (Å²) in [5, 5.41) is 10.7. The van der Waals surface area contributed by atoms with Crippen LogP contribution in [0.4, 0.5) is 46.4 Å². The number of nitrogens with one attached hydrogen (secondary N) is 5. The van der Waals surface area contributed by atoms with Crippen LogP contribution in [0.3, 0.4) is 0 Å². The van der Waals surface area contributed by atoms with Crippen molar-refractivity contribution >= 4 is 52.0 Å². The third-order valence-corrected chi connectivity index (χ3v) is 5.39. The number of aromatic nitrogens is 1. The molecule has 4 aromatic rings. The zero-order valence-corrected chi connectivity index (χ0v) is 18.5. The van der Waals surface area contributed by atoms with E-state index >= 15 is 0 Å². The molecule has 7 nitrogen and oxygen atoms in total. The number of H-pyrrole nitrogens is 1. The Labute approximate surface area is 203 Å². The van der Waals surface area contributed by atoms with Gasteiger partial charge in [-0.05, 0) is 48.5 Å². The second-order valence-electron chi connectivity index (χ2n) is 7.93. The highest BCUT2D eigenvalue weighted by Crippen LogP contribution is 2.35. The molecule has 1 aliphatic heterocycles. The molecule has 3 aromatic carbocycles. The number of carbonyl (C=O) groups excluding carboxylic acids is 2. The monoisotopic (exact) mass is 489 g/mol. The first-order chi connectivity index (χ1) is 17.4. The van der Waals surface area contributed by atoms with Gasteiger partial charge in [0.25, 0.3) is 5.91 Å². The molecule has 0 radical (unpaired) electrons. The Bertz CT molecular complexity index is 1520. The third kappa shape index (κ3) is 4.78. The largest absolute Gasteiger partial charge is 0.362 e. The maximum atomic E-state index is 13.8. The van der Waals surface area contributed by atoms with Crippen molar-refractivity contribution in [3.8, 4) is 0 Å². The number of hydrogen-bond acceptors (Lipinski definition) is 3. The first-order valence-corrected chi connectivity index (χ1v) is 10.8. The summed E-state index contributed by atoms with van der Waals surface area (Å²) in [5.74, 6) is -3.94. The highest BCUT2D eigenvalue weighted by atomic mass is 19.2. The lowest BCUT2D eigenvalue weighted by Crippen LogP contribution is -2.20. The molecule has 0 saturated carbocycles. The Hall–Kier alpha value is -4.99. The smallest absolute Gasteiger partial charge is 0.323 e. The molecule has 2 heterocycles. The zero-order valence-electron chi connectivity index (χ0n) is 18.5. The molecular weight excluding hydrogens is 471 g/mol. The summed E-state index contributed by atoms with van der Waals surface area (Å²) in [7, 11) is 0. The number of rotatable bonds is 5. The van der Waals surface area contributed by atoms with E-state index in [0.29, 0.717) is 40.5 Å². The first-order valence-electron chi connectivity index (χ1n) is 10.8. The van der Waals surface area contributed by atoms with E-state index in [1.807, 2.05) is 24.3 Å².